The highest BCUT2D eigenvalue weighted by molar-refractivity contribution is 5.91. The molecule has 1 amide bonds. The molecule has 3 N–H and O–H groups in total. The lowest BCUT2D eigenvalue weighted by atomic mass is 10.0. The number of carbonyl (C=O) groups excluding carboxylic acids is 1. The Balaban J connectivity index is 1.28. The molecule has 186 valence electrons. The minimum atomic E-state index is -0.341. The number of rotatable bonds is 8. The Morgan fingerprint density at radius 3 is 2.72 bits per heavy atom. The monoisotopic (exact) mass is 486 g/mol. The SMILES string of the molecule is CC(C)c1cccc(Nc2nc3cc(Oc4ccnc(NC(=O)CN5CC(O)C5)c4)ccc3n2C)c1. The molecule has 0 unspecified atom stereocenters. The first-order chi connectivity index (χ1) is 17.3. The van der Waals surface area contributed by atoms with Gasteiger partial charge in [-0.05, 0) is 41.8 Å². The van der Waals surface area contributed by atoms with Crippen molar-refractivity contribution < 1.29 is 14.6 Å². The minimum absolute atomic E-state index is 0.180. The molecule has 1 aliphatic rings. The Labute approximate surface area is 209 Å². The van der Waals surface area contributed by atoms with Gasteiger partial charge in [0.25, 0.3) is 0 Å². The summed E-state index contributed by atoms with van der Waals surface area (Å²) in [5.41, 5.74) is 4.04. The number of aryl methyl sites for hydroxylation is 1. The maximum absolute atomic E-state index is 12.2. The lowest BCUT2D eigenvalue weighted by Crippen LogP contribution is -2.53. The number of anilines is 3. The molecule has 4 aromatic rings. The topological polar surface area (TPSA) is 105 Å². The number of amides is 1. The molecule has 1 saturated heterocycles. The van der Waals surface area contributed by atoms with Crippen molar-refractivity contribution in [2.45, 2.75) is 25.9 Å². The van der Waals surface area contributed by atoms with Crippen LogP contribution >= 0.6 is 0 Å². The number of benzene rings is 2. The number of hydrogen-bond donors (Lipinski definition) is 3. The standard InChI is InChI=1S/C27H30N6O3/c1-17(2)18-5-4-6-19(11-18)29-27-30-23-12-21(7-8-24(23)32(27)3)36-22-9-10-28-25(13-22)31-26(35)16-33-14-20(34)15-33/h4-13,17,20,34H,14-16H2,1-3H3,(H,29,30)(H,28,31,35). The predicted octanol–water partition coefficient (Wildman–Crippen LogP) is 4.24. The van der Waals surface area contributed by atoms with Crippen LogP contribution in [0.25, 0.3) is 11.0 Å². The Morgan fingerprint density at radius 2 is 1.94 bits per heavy atom. The van der Waals surface area contributed by atoms with E-state index in [-0.39, 0.29) is 18.6 Å². The molecule has 0 atom stereocenters. The van der Waals surface area contributed by atoms with Crippen LogP contribution in [0.3, 0.4) is 0 Å². The van der Waals surface area contributed by atoms with Crippen molar-refractivity contribution in [1.29, 1.82) is 0 Å². The molecule has 5 rings (SSSR count). The summed E-state index contributed by atoms with van der Waals surface area (Å²) in [5, 5.41) is 15.6. The van der Waals surface area contributed by atoms with E-state index in [0.717, 1.165) is 22.7 Å². The molecule has 0 spiro atoms. The first kappa shape index (κ1) is 23.8. The number of aliphatic hydroxyl groups is 1. The van der Waals surface area contributed by atoms with E-state index >= 15 is 0 Å². The van der Waals surface area contributed by atoms with E-state index in [2.05, 4.69) is 41.6 Å². The molecule has 36 heavy (non-hydrogen) atoms. The molecule has 0 bridgehead atoms. The van der Waals surface area contributed by atoms with Gasteiger partial charge in [-0.2, -0.15) is 0 Å². The molecule has 9 heteroatoms. The molecule has 2 aromatic heterocycles. The van der Waals surface area contributed by atoms with Crippen LogP contribution in [0, 0.1) is 0 Å². The van der Waals surface area contributed by atoms with E-state index < -0.39 is 0 Å². The Morgan fingerprint density at radius 1 is 1.14 bits per heavy atom. The molecular formula is C27H30N6O3. The van der Waals surface area contributed by atoms with Gasteiger partial charge in [-0.3, -0.25) is 9.69 Å². The Bertz CT molecular complexity index is 1390. The van der Waals surface area contributed by atoms with E-state index in [0.29, 0.717) is 36.3 Å². The largest absolute Gasteiger partial charge is 0.457 e. The first-order valence-corrected chi connectivity index (χ1v) is 12.0. The zero-order valence-corrected chi connectivity index (χ0v) is 20.6. The average molecular weight is 487 g/mol. The zero-order chi connectivity index (χ0) is 25.2. The van der Waals surface area contributed by atoms with E-state index in [4.69, 9.17) is 9.72 Å². The number of carbonyl (C=O) groups is 1. The number of fused-ring (bicyclic) bond motifs is 1. The van der Waals surface area contributed by atoms with E-state index in [1.54, 1.807) is 18.3 Å². The summed E-state index contributed by atoms with van der Waals surface area (Å²) in [6.45, 7) is 5.60. The number of likely N-dealkylation sites (tertiary alicyclic amines) is 1. The fraction of sp³-hybridized carbons (Fsp3) is 0.296. The zero-order valence-electron chi connectivity index (χ0n) is 20.6. The average Bonchev–Trinajstić information content (AvgIpc) is 3.12. The minimum Gasteiger partial charge on any atom is -0.457 e. The first-order valence-electron chi connectivity index (χ1n) is 12.0. The van der Waals surface area contributed by atoms with Gasteiger partial charge in [-0.1, -0.05) is 26.0 Å². The number of pyridine rings is 1. The van der Waals surface area contributed by atoms with Crippen LogP contribution in [-0.4, -0.2) is 56.2 Å². The summed E-state index contributed by atoms with van der Waals surface area (Å²) in [7, 11) is 1.98. The number of nitrogens with one attached hydrogen (secondary N) is 2. The third-order valence-electron chi connectivity index (χ3n) is 6.20. The third kappa shape index (κ3) is 5.32. The van der Waals surface area contributed by atoms with Gasteiger partial charge < -0.3 is 25.0 Å². The summed E-state index contributed by atoms with van der Waals surface area (Å²) in [6, 6.07) is 17.5. The fourth-order valence-electron chi connectivity index (χ4n) is 4.20. The highest BCUT2D eigenvalue weighted by Gasteiger charge is 2.26. The van der Waals surface area contributed by atoms with Gasteiger partial charge in [0.1, 0.15) is 17.3 Å². The molecular weight excluding hydrogens is 456 g/mol. The molecule has 1 aliphatic heterocycles. The van der Waals surface area contributed by atoms with Crippen molar-refractivity contribution in [3.63, 3.8) is 0 Å². The quantitative estimate of drug-likeness (QED) is 0.342. The molecule has 1 fully saturated rings. The maximum atomic E-state index is 12.2. The van der Waals surface area contributed by atoms with Crippen molar-refractivity contribution in [3.05, 3.63) is 66.4 Å². The Hall–Kier alpha value is -3.95. The number of imidazole rings is 1. The lowest BCUT2D eigenvalue weighted by Gasteiger charge is -2.34. The third-order valence-corrected chi connectivity index (χ3v) is 6.20. The van der Waals surface area contributed by atoms with Crippen LogP contribution in [0.4, 0.5) is 17.5 Å². The molecule has 2 aromatic carbocycles. The number of ether oxygens (including phenoxy) is 1. The van der Waals surface area contributed by atoms with Crippen LogP contribution in [0.15, 0.2) is 60.8 Å². The van der Waals surface area contributed by atoms with Crippen molar-refractivity contribution in [3.8, 4) is 11.5 Å². The van der Waals surface area contributed by atoms with Crippen LogP contribution < -0.4 is 15.4 Å². The van der Waals surface area contributed by atoms with Gasteiger partial charge in [0.15, 0.2) is 0 Å². The highest BCUT2D eigenvalue weighted by Crippen LogP contribution is 2.29. The highest BCUT2D eigenvalue weighted by atomic mass is 16.5. The smallest absolute Gasteiger partial charge is 0.239 e. The predicted molar refractivity (Wildman–Crippen MR) is 140 cm³/mol. The summed E-state index contributed by atoms with van der Waals surface area (Å²) in [4.78, 5) is 23.1. The molecule has 0 aliphatic carbocycles. The lowest BCUT2D eigenvalue weighted by molar-refractivity contribution is -0.119. The second kappa shape index (κ2) is 9.96. The molecule has 0 saturated carbocycles. The summed E-state index contributed by atoms with van der Waals surface area (Å²) >= 11 is 0. The van der Waals surface area contributed by atoms with Crippen LogP contribution in [-0.2, 0) is 11.8 Å². The van der Waals surface area contributed by atoms with Gasteiger partial charge in [-0.25, -0.2) is 9.97 Å². The van der Waals surface area contributed by atoms with E-state index in [9.17, 15) is 9.90 Å². The molecule has 3 heterocycles. The maximum Gasteiger partial charge on any atom is 0.239 e. The van der Waals surface area contributed by atoms with Gasteiger partial charge in [-0.15, -0.1) is 0 Å². The number of nitrogens with zero attached hydrogens (tertiary/aromatic N) is 4. The van der Waals surface area contributed by atoms with Crippen molar-refractivity contribution in [1.82, 2.24) is 19.4 Å². The van der Waals surface area contributed by atoms with Crippen LogP contribution in [0.1, 0.15) is 25.3 Å². The van der Waals surface area contributed by atoms with Gasteiger partial charge in [0.05, 0.1) is 23.7 Å². The number of aliphatic hydroxyl groups excluding tert-OH is 1. The van der Waals surface area contributed by atoms with E-state index in [1.165, 1.54) is 5.56 Å². The van der Waals surface area contributed by atoms with Crippen molar-refractivity contribution in [2.75, 3.05) is 30.3 Å². The number of aromatic nitrogens is 3. The summed E-state index contributed by atoms with van der Waals surface area (Å²) in [5.74, 6) is 2.61. The van der Waals surface area contributed by atoms with E-state index in [1.807, 2.05) is 46.8 Å². The van der Waals surface area contributed by atoms with Gasteiger partial charge >= 0.3 is 0 Å². The second-order valence-electron chi connectivity index (χ2n) is 9.43. The molecule has 9 nitrogen and oxygen atoms in total. The van der Waals surface area contributed by atoms with Crippen molar-refractivity contribution in [2.24, 2.45) is 7.05 Å². The van der Waals surface area contributed by atoms with Gasteiger partial charge in [0, 0.05) is 44.2 Å². The Kier molecular flexibility index (Phi) is 6.58. The fourth-order valence-corrected chi connectivity index (χ4v) is 4.20. The number of hydrogen-bond acceptors (Lipinski definition) is 7. The van der Waals surface area contributed by atoms with Crippen LogP contribution in [0.5, 0.6) is 11.5 Å². The van der Waals surface area contributed by atoms with Crippen LogP contribution in [0.2, 0.25) is 0 Å². The van der Waals surface area contributed by atoms with Gasteiger partial charge in [0.2, 0.25) is 11.9 Å². The summed E-state index contributed by atoms with van der Waals surface area (Å²) < 4.78 is 8.05. The summed E-state index contributed by atoms with van der Waals surface area (Å²) in [6.07, 6.45) is 1.25. The molecule has 0 radical (unpaired) electrons. The van der Waals surface area contributed by atoms with Crippen molar-refractivity contribution >= 4 is 34.4 Å². The normalized spacial score (nSPS) is 14.1. The number of β-amino-alcohol motifs (C(OH)–C–C–N with tert-alkyl or cyclic N) is 1. The second-order valence-corrected chi connectivity index (χ2v) is 9.43.